The van der Waals surface area contributed by atoms with Crippen molar-refractivity contribution in [1.82, 2.24) is 40.8 Å². The number of anilines is 1. The standard InChI is InChI=1S/C47H55N9O13/c1-7-33-35-14-32(59)12-13-37(35)51-42-36(33)19-55(6)38(42)15-34-29(20-57)22-66-44(63)43(34)69-45(64)67-21-28-8-10-30(11-9-28)50-39(60)17-49-40(61)23-65-24-41(62)52-46(2,3)26-68-47(4,5)25-56-18-31(53-54-56)16-48-27-58/h8-15,18,20,27,43,59H,7,16-17,19,21-26H2,1-6H3,(H,48,58)(H,49,61)(H,50,60)(H,52,62)/b38-15-. The van der Waals surface area contributed by atoms with Gasteiger partial charge in [0.25, 0.3) is 0 Å². The van der Waals surface area contributed by atoms with Crippen molar-refractivity contribution < 1.29 is 62.4 Å². The van der Waals surface area contributed by atoms with Crippen molar-refractivity contribution in [2.75, 3.05) is 45.3 Å². The quantitative estimate of drug-likeness (QED) is 0.0558. The summed E-state index contributed by atoms with van der Waals surface area (Å²) in [4.78, 5) is 93.0. The SMILES string of the molecule is CCc1c2c(nc3ccc(O)cc13)/C(=C/C1=C(C=O)COC(=O)C1OC(=O)OCc1ccc(NC(=O)CNC(=O)COCC(=O)NC(C)(C)COC(C)(C)Cn3cc(CNC=O)nn3)cc1)N(C)C2. The van der Waals surface area contributed by atoms with E-state index in [0.717, 1.165) is 16.5 Å². The number of nitrogens with one attached hydrogen (secondary N) is 4. The van der Waals surface area contributed by atoms with Crippen LogP contribution in [0.5, 0.6) is 5.75 Å². The summed E-state index contributed by atoms with van der Waals surface area (Å²) in [7, 11) is 1.83. The van der Waals surface area contributed by atoms with E-state index in [1.807, 2.05) is 32.7 Å². The lowest BCUT2D eigenvalue weighted by Crippen LogP contribution is -2.50. The fourth-order valence-electron chi connectivity index (χ4n) is 7.49. The number of esters is 1. The first-order valence-corrected chi connectivity index (χ1v) is 21.9. The highest BCUT2D eigenvalue weighted by Crippen LogP contribution is 2.38. The number of rotatable bonds is 22. The first-order valence-electron chi connectivity index (χ1n) is 21.9. The molecule has 69 heavy (non-hydrogen) atoms. The van der Waals surface area contributed by atoms with Crippen molar-refractivity contribution in [3.63, 3.8) is 0 Å². The summed E-state index contributed by atoms with van der Waals surface area (Å²) in [6, 6.07) is 11.2. The second kappa shape index (κ2) is 22.4. The molecule has 6 rings (SSSR count). The molecule has 1 unspecified atom stereocenters. The molecule has 366 valence electrons. The summed E-state index contributed by atoms with van der Waals surface area (Å²) in [5.74, 6) is -2.43. The number of nitrogens with zero attached hydrogens (tertiary/aromatic N) is 5. The Morgan fingerprint density at radius 3 is 2.49 bits per heavy atom. The van der Waals surface area contributed by atoms with E-state index in [2.05, 4.69) is 31.6 Å². The predicted molar refractivity (Wildman–Crippen MR) is 245 cm³/mol. The Bertz CT molecular complexity index is 2660. The van der Waals surface area contributed by atoms with Gasteiger partial charge in [0.2, 0.25) is 30.2 Å². The van der Waals surface area contributed by atoms with E-state index in [1.54, 1.807) is 73.3 Å². The van der Waals surface area contributed by atoms with Gasteiger partial charge in [-0.25, -0.2) is 19.3 Å². The maximum absolute atomic E-state index is 13.0. The molecule has 0 spiro atoms. The summed E-state index contributed by atoms with van der Waals surface area (Å²) in [5, 5.41) is 29.4. The van der Waals surface area contributed by atoms with E-state index in [9.17, 15) is 38.7 Å². The van der Waals surface area contributed by atoms with Gasteiger partial charge in [-0.05, 0) is 81.7 Å². The number of ether oxygens (including phenoxy) is 5. The van der Waals surface area contributed by atoms with Gasteiger partial charge in [-0.3, -0.25) is 24.0 Å². The fraction of sp³-hybridized carbons (Fsp3) is 0.404. The van der Waals surface area contributed by atoms with Crippen LogP contribution < -0.4 is 21.3 Å². The number of phenolic OH excluding ortho intramolecular Hbond substituents is 1. The van der Waals surface area contributed by atoms with Crippen molar-refractivity contribution in [1.29, 1.82) is 0 Å². The zero-order valence-corrected chi connectivity index (χ0v) is 39.1. The van der Waals surface area contributed by atoms with Gasteiger partial charge in [0.1, 0.15) is 44.2 Å². The summed E-state index contributed by atoms with van der Waals surface area (Å²) >= 11 is 0. The minimum atomic E-state index is -1.61. The number of aromatic nitrogens is 4. The minimum Gasteiger partial charge on any atom is -0.508 e. The van der Waals surface area contributed by atoms with Gasteiger partial charge in [0, 0.05) is 41.4 Å². The molecule has 0 bridgehead atoms. The monoisotopic (exact) mass is 953 g/mol. The first-order chi connectivity index (χ1) is 32.9. The van der Waals surface area contributed by atoms with Crippen LogP contribution in [0.1, 0.15) is 62.7 Å². The van der Waals surface area contributed by atoms with Gasteiger partial charge < -0.3 is 55.0 Å². The van der Waals surface area contributed by atoms with Crippen molar-refractivity contribution in [3.8, 4) is 5.75 Å². The highest BCUT2D eigenvalue weighted by molar-refractivity contribution is 5.95. The maximum Gasteiger partial charge on any atom is 0.509 e. The van der Waals surface area contributed by atoms with Crippen LogP contribution >= 0.6 is 0 Å². The van der Waals surface area contributed by atoms with Crippen LogP contribution in [0, 0.1) is 0 Å². The van der Waals surface area contributed by atoms with Crippen LogP contribution in [0.15, 0.2) is 65.9 Å². The molecular formula is C47H55N9O13. The molecule has 1 atom stereocenters. The minimum absolute atomic E-state index is 0.0981. The van der Waals surface area contributed by atoms with Gasteiger partial charge in [0.05, 0.1) is 60.5 Å². The number of phenols is 1. The third-order valence-electron chi connectivity index (χ3n) is 10.8. The molecule has 4 amide bonds. The summed E-state index contributed by atoms with van der Waals surface area (Å²) < 4.78 is 28.8. The van der Waals surface area contributed by atoms with E-state index < -0.39 is 60.3 Å². The van der Waals surface area contributed by atoms with Crippen molar-refractivity contribution >= 4 is 64.8 Å². The molecule has 2 aliphatic heterocycles. The second-order valence-corrected chi connectivity index (χ2v) is 17.5. The van der Waals surface area contributed by atoms with Crippen molar-refractivity contribution in [3.05, 3.63) is 94.0 Å². The molecule has 2 aliphatic rings. The molecule has 22 nitrogen and oxygen atoms in total. The summed E-state index contributed by atoms with van der Waals surface area (Å²) in [6.45, 7) is 8.62. The molecule has 0 saturated heterocycles. The average Bonchev–Trinajstić information content (AvgIpc) is 3.88. The number of aryl methyl sites for hydroxylation is 1. The topological polar surface area (TPSA) is 281 Å². The first kappa shape index (κ1) is 50.7. The smallest absolute Gasteiger partial charge is 0.508 e. The third-order valence-corrected chi connectivity index (χ3v) is 10.8. The lowest BCUT2D eigenvalue weighted by molar-refractivity contribution is -0.153. The number of hydrogen-bond donors (Lipinski definition) is 5. The number of benzene rings is 2. The summed E-state index contributed by atoms with van der Waals surface area (Å²) in [5.41, 5.74) is 4.02. The number of hydrogen-bond acceptors (Lipinski definition) is 17. The van der Waals surface area contributed by atoms with E-state index in [1.165, 1.54) is 0 Å². The molecule has 0 fully saturated rings. The molecule has 0 saturated carbocycles. The Labute approximate surface area is 396 Å². The van der Waals surface area contributed by atoms with Gasteiger partial charge in [-0.1, -0.05) is 24.3 Å². The van der Waals surface area contributed by atoms with Crippen LogP contribution in [-0.4, -0.2) is 130 Å². The summed E-state index contributed by atoms with van der Waals surface area (Å²) in [6.07, 6.45) is 2.26. The van der Waals surface area contributed by atoms with E-state index in [-0.39, 0.29) is 49.8 Å². The third kappa shape index (κ3) is 13.7. The molecule has 22 heteroatoms. The van der Waals surface area contributed by atoms with Gasteiger partial charge in [-0.2, -0.15) is 0 Å². The molecule has 0 aliphatic carbocycles. The average molecular weight is 954 g/mol. The zero-order valence-electron chi connectivity index (χ0n) is 39.1. The molecule has 2 aromatic carbocycles. The zero-order chi connectivity index (χ0) is 49.9. The number of aromatic hydroxyl groups is 1. The number of aldehydes is 1. The highest BCUT2D eigenvalue weighted by atomic mass is 16.7. The number of carbonyl (C=O) groups is 7. The number of amides is 4. The second-order valence-electron chi connectivity index (χ2n) is 17.5. The van der Waals surface area contributed by atoms with Crippen molar-refractivity contribution in [2.45, 2.75) is 84.5 Å². The van der Waals surface area contributed by atoms with Crippen LogP contribution in [-0.2, 0) is 85.1 Å². The van der Waals surface area contributed by atoms with Crippen molar-refractivity contribution in [2.24, 2.45) is 0 Å². The molecule has 4 heterocycles. The molecule has 2 aromatic heterocycles. The molecular weight excluding hydrogens is 899 g/mol. The Morgan fingerprint density at radius 2 is 1.77 bits per heavy atom. The van der Waals surface area contributed by atoms with Crippen LogP contribution in [0.3, 0.4) is 0 Å². The largest absolute Gasteiger partial charge is 0.509 e. The van der Waals surface area contributed by atoms with Crippen LogP contribution in [0.25, 0.3) is 16.6 Å². The number of carbonyl (C=O) groups excluding carboxylic acids is 7. The lowest BCUT2D eigenvalue weighted by atomic mass is 9.97. The van der Waals surface area contributed by atoms with Gasteiger partial charge in [0.15, 0.2) is 0 Å². The van der Waals surface area contributed by atoms with E-state index in [0.29, 0.717) is 66.1 Å². The van der Waals surface area contributed by atoms with Crippen LogP contribution in [0.2, 0.25) is 0 Å². The number of cyclic esters (lactones) is 1. The fourth-order valence-corrected chi connectivity index (χ4v) is 7.49. The van der Waals surface area contributed by atoms with E-state index in [4.69, 9.17) is 28.7 Å². The van der Waals surface area contributed by atoms with Gasteiger partial charge >= 0.3 is 12.1 Å². The molecule has 0 radical (unpaired) electrons. The Morgan fingerprint density at radius 1 is 1.01 bits per heavy atom. The van der Waals surface area contributed by atoms with E-state index >= 15 is 0 Å². The number of fused-ring (bicyclic) bond motifs is 2. The Kier molecular flexibility index (Phi) is 16.4. The van der Waals surface area contributed by atoms with Gasteiger partial charge in [-0.15, -0.1) is 5.10 Å². The van der Waals surface area contributed by atoms with Crippen LogP contribution in [0.4, 0.5) is 10.5 Å². The molecule has 5 N–H and O–H groups in total. The number of pyridine rings is 1. The predicted octanol–water partition coefficient (Wildman–Crippen LogP) is 2.36. The normalized spacial score (nSPS) is 15.3. The Hall–Kier alpha value is -7.72. The lowest BCUT2D eigenvalue weighted by Gasteiger charge is -2.32. The highest BCUT2D eigenvalue weighted by Gasteiger charge is 2.37. The maximum atomic E-state index is 13.0. The molecule has 4 aromatic rings. The Balaban J connectivity index is 0.920.